The van der Waals surface area contributed by atoms with Gasteiger partial charge in [0.25, 0.3) is 5.91 Å². The first-order valence-electron chi connectivity index (χ1n) is 9.25. The van der Waals surface area contributed by atoms with Crippen molar-refractivity contribution < 1.29 is 9.53 Å². The topological polar surface area (TPSA) is 41.9 Å². The van der Waals surface area contributed by atoms with E-state index in [4.69, 9.17) is 16.3 Å². The van der Waals surface area contributed by atoms with Gasteiger partial charge in [0.1, 0.15) is 12.4 Å². The van der Waals surface area contributed by atoms with Crippen LogP contribution in [0.4, 0.5) is 5.69 Å². The van der Waals surface area contributed by atoms with E-state index in [9.17, 15) is 4.79 Å². The van der Waals surface area contributed by atoms with Crippen LogP contribution in [0.3, 0.4) is 0 Å². The molecule has 29 heavy (non-hydrogen) atoms. The van der Waals surface area contributed by atoms with Gasteiger partial charge in [0.2, 0.25) is 0 Å². The third-order valence-corrected chi connectivity index (χ3v) is 4.84. The smallest absolute Gasteiger partial charge is 0.280 e. The number of ether oxygens (including phenoxy) is 1. The maximum Gasteiger partial charge on any atom is 0.280 e. The first kappa shape index (κ1) is 19.0. The Labute approximate surface area is 174 Å². The monoisotopic (exact) mass is 402 g/mol. The normalized spacial score (nSPS) is 15.0. The Morgan fingerprint density at radius 1 is 0.966 bits per heavy atom. The van der Waals surface area contributed by atoms with Crippen molar-refractivity contribution in [3.63, 3.8) is 0 Å². The minimum absolute atomic E-state index is 0.152. The van der Waals surface area contributed by atoms with Crippen molar-refractivity contribution in [1.82, 2.24) is 0 Å². The van der Waals surface area contributed by atoms with Crippen LogP contribution in [0.15, 0.2) is 89.5 Å². The Kier molecular flexibility index (Phi) is 5.45. The number of para-hydroxylation sites is 2. The summed E-state index contributed by atoms with van der Waals surface area (Å²) in [5.74, 6) is 0.551. The second-order valence-corrected chi connectivity index (χ2v) is 7.09. The zero-order valence-electron chi connectivity index (χ0n) is 15.9. The van der Waals surface area contributed by atoms with Crippen molar-refractivity contribution in [2.75, 3.05) is 5.01 Å². The van der Waals surface area contributed by atoms with Crippen LogP contribution in [0, 0.1) is 0 Å². The Morgan fingerprint density at radius 2 is 1.66 bits per heavy atom. The van der Waals surface area contributed by atoms with Crippen LogP contribution in [0.1, 0.15) is 18.1 Å². The summed E-state index contributed by atoms with van der Waals surface area (Å²) in [6.45, 7) is 2.25. The summed E-state index contributed by atoms with van der Waals surface area (Å²) >= 11 is 5.94. The number of anilines is 1. The van der Waals surface area contributed by atoms with Crippen molar-refractivity contribution in [2.45, 2.75) is 13.5 Å². The first-order chi connectivity index (χ1) is 14.1. The van der Waals surface area contributed by atoms with Gasteiger partial charge in [-0.25, -0.2) is 0 Å². The lowest BCUT2D eigenvalue weighted by atomic mass is 10.1. The van der Waals surface area contributed by atoms with Gasteiger partial charge in [-0.15, -0.1) is 0 Å². The number of benzene rings is 3. The van der Waals surface area contributed by atoms with E-state index in [2.05, 4.69) is 5.10 Å². The number of hydrazone groups is 1. The van der Waals surface area contributed by atoms with Crippen LogP contribution in [0.2, 0.25) is 5.02 Å². The fraction of sp³-hybridized carbons (Fsp3) is 0.0833. The highest BCUT2D eigenvalue weighted by atomic mass is 35.5. The molecule has 144 valence electrons. The number of hydrogen-bond donors (Lipinski definition) is 0. The summed E-state index contributed by atoms with van der Waals surface area (Å²) in [4.78, 5) is 12.9. The summed E-state index contributed by atoms with van der Waals surface area (Å²) in [7, 11) is 0. The fourth-order valence-corrected chi connectivity index (χ4v) is 3.18. The van der Waals surface area contributed by atoms with Crippen LogP contribution in [-0.2, 0) is 11.4 Å². The second-order valence-electron chi connectivity index (χ2n) is 6.65. The lowest BCUT2D eigenvalue weighted by molar-refractivity contribution is -0.114. The number of nitrogens with zero attached hydrogens (tertiary/aromatic N) is 2. The minimum atomic E-state index is -0.152. The first-order valence-corrected chi connectivity index (χ1v) is 9.62. The molecule has 0 bridgehead atoms. The largest absolute Gasteiger partial charge is 0.488 e. The number of halogens is 1. The van der Waals surface area contributed by atoms with E-state index in [0.717, 1.165) is 16.8 Å². The molecule has 0 saturated carbocycles. The predicted molar refractivity (Wildman–Crippen MR) is 117 cm³/mol. The molecule has 0 aliphatic carbocycles. The van der Waals surface area contributed by atoms with Crippen molar-refractivity contribution >= 4 is 35.0 Å². The van der Waals surface area contributed by atoms with E-state index in [-0.39, 0.29) is 5.91 Å². The Hall–Kier alpha value is -3.37. The molecule has 4 rings (SSSR count). The lowest BCUT2D eigenvalue weighted by Crippen LogP contribution is -2.21. The molecule has 0 atom stereocenters. The van der Waals surface area contributed by atoms with Crippen molar-refractivity contribution in [3.05, 3.63) is 101 Å². The fourth-order valence-electron chi connectivity index (χ4n) is 3.06. The SMILES string of the molecule is CC1=NN(c2ccccc2)C(=O)/C1=C\c1ccccc1OCc1ccc(Cl)cc1. The lowest BCUT2D eigenvalue weighted by Gasteiger charge is -2.12. The molecule has 1 heterocycles. The highest BCUT2D eigenvalue weighted by Gasteiger charge is 2.28. The molecule has 0 fully saturated rings. The van der Waals surface area contributed by atoms with Gasteiger partial charge in [-0.05, 0) is 48.9 Å². The van der Waals surface area contributed by atoms with Gasteiger partial charge in [0.05, 0.1) is 17.0 Å². The maximum absolute atomic E-state index is 12.9. The van der Waals surface area contributed by atoms with Crippen LogP contribution in [-0.4, -0.2) is 11.6 Å². The van der Waals surface area contributed by atoms with Gasteiger partial charge in [-0.1, -0.05) is 60.1 Å². The van der Waals surface area contributed by atoms with E-state index in [1.165, 1.54) is 5.01 Å². The number of hydrogen-bond acceptors (Lipinski definition) is 3. The Bertz CT molecular complexity index is 1090. The predicted octanol–water partition coefficient (Wildman–Crippen LogP) is 5.73. The van der Waals surface area contributed by atoms with Gasteiger partial charge in [0.15, 0.2) is 0 Å². The maximum atomic E-state index is 12.9. The van der Waals surface area contributed by atoms with Crippen LogP contribution >= 0.6 is 11.6 Å². The van der Waals surface area contributed by atoms with Crippen molar-refractivity contribution in [1.29, 1.82) is 0 Å². The molecule has 4 nitrogen and oxygen atoms in total. The zero-order chi connectivity index (χ0) is 20.2. The molecule has 0 N–H and O–H groups in total. The molecule has 0 saturated heterocycles. The highest BCUT2D eigenvalue weighted by Crippen LogP contribution is 2.28. The van der Waals surface area contributed by atoms with Crippen LogP contribution < -0.4 is 9.75 Å². The van der Waals surface area contributed by atoms with E-state index >= 15 is 0 Å². The number of carbonyl (C=O) groups is 1. The zero-order valence-corrected chi connectivity index (χ0v) is 16.6. The molecule has 0 unspecified atom stereocenters. The average Bonchev–Trinajstić information content (AvgIpc) is 3.03. The summed E-state index contributed by atoms with van der Waals surface area (Å²) in [5, 5.41) is 6.55. The molecular formula is C24H19ClN2O2. The minimum Gasteiger partial charge on any atom is -0.488 e. The van der Waals surface area contributed by atoms with Crippen LogP contribution in [0.25, 0.3) is 6.08 Å². The molecular weight excluding hydrogens is 384 g/mol. The van der Waals surface area contributed by atoms with Gasteiger partial charge >= 0.3 is 0 Å². The van der Waals surface area contributed by atoms with E-state index in [1.54, 1.807) is 0 Å². The molecule has 0 radical (unpaired) electrons. The van der Waals surface area contributed by atoms with Gasteiger partial charge in [-0.3, -0.25) is 4.79 Å². The third kappa shape index (κ3) is 4.23. The molecule has 3 aromatic carbocycles. The number of rotatable bonds is 5. The highest BCUT2D eigenvalue weighted by molar-refractivity contribution is 6.32. The Balaban J connectivity index is 1.57. The van der Waals surface area contributed by atoms with Gasteiger partial charge < -0.3 is 4.74 Å². The van der Waals surface area contributed by atoms with E-state index in [0.29, 0.717) is 28.7 Å². The average molecular weight is 403 g/mol. The quantitative estimate of drug-likeness (QED) is 0.512. The van der Waals surface area contributed by atoms with Gasteiger partial charge in [0, 0.05) is 10.6 Å². The molecule has 1 amide bonds. The molecule has 1 aliphatic rings. The molecule has 1 aliphatic heterocycles. The van der Waals surface area contributed by atoms with E-state index < -0.39 is 0 Å². The molecule has 3 aromatic rings. The van der Waals surface area contributed by atoms with Crippen molar-refractivity contribution in [2.24, 2.45) is 5.10 Å². The molecule has 0 spiro atoms. The standard InChI is InChI=1S/C24H19ClN2O2/c1-17-22(24(28)27(26-17)21-8-3-2-4-9-21)15-19-7-5-6-10-23(19)29-16-18-11-13-20(25)14-12-18/h2-15H,16H2,1H3/b22-15-. The van der Waals surface area contributed by atoms with Crippen molar-refractivity contribution in [3.8, 4) is 5.75 Å². The van der Waals surface area contributed by atoms with Crippen LogP contribution in [0.5, 0.6) is 5.75 Å². The van der Waals surface area contributed by atoms with Gasteiger partial charge in [-0.2, -0.15) is 10.1 Å². The number of amides is 1. The summed E-state index contributed by atoms with van der Waals surface area (Å²) < 4.78 is 6.00. The summed E-state index contributed by atoms with van der Waals surface area (Å²) in [5.41, 5.74) is 3.81. The summed E-state index contributed by atoms with van der Waals surface area (Å²) in [6, 6.07) is 24.6. The Morgan fingerprint density at radius 3 is 2.41 bits per heavy atom. The second kappa shape index (κ2) is 8.33. The summed E-state index contributed by atoms with van der Waals surface area (Å²) in [6.07, 6.45) is 1.83. The molecule has 5 heteroatoms. The van der Waals surface area contributed by atoms with E-state index in [1.807, 2.05) is 91.9 Å². The molecule has 0 aromatic heterocycles. The third-order valence-electron chi connectivity index (χ3n) is 4.59. The number of carbonyl (C=O) groups excluding carboxylic acids is 1.